The molecule has 1 saturated heterocycles. The van der Waals surface area contributed by atoms with Crippen LogP contribution in [0.2, 0.25) is 0 Å². The van der Waals surface area contributed by atoms with E-state index in [2.05, 4.69) is 37.5 Å². The van der Waals surface area contributed by atoms with Crippen molar-refractivity contribution in [2.45, 2.75) is 57.7 Å². The van der Waals surface area contributed by atoms with Crippen molar-refractivity contribution in [1.82, 2.24) is 25.4 Å². The van der Waals surface area contributed by atoms with Crippen molar-refractivity contribution in [3.63, 3.8) is 0 Å². The maximum absolute atomic E-state index is 13.3. The molecule has 0 radical (unpaired) electrons. The van der Waals surface area contributed by atoms with Crippen LogP contribution < -0.4 is 14.9 Å². The highest BCUT2D eigenvalue weighted by Crippen LogP contribution is 2.32. The summed E-state index contributed by atoms with van der Waals surface area (Å²) in [7, 11) is 0. The number of aryl methyl sites for hydroxylation is 1. The normalized spacial score (nSPS) is 17.3. The molecule has 1 amide bonds. The average Bonchev–Trinajstić information content (AvgIpc) is 3.73. The quantitative estimate of drug-likeness (QED) is 0.323. The van der Waals surface area contributed by atoms with E-state index in [9.17, 15) is 9.59 Å². The lowest BCUT2D eigenvalue weighted by Gasteiger charge is -2.36. The van der Waals surface area contributed by atoms with Crippen molar-refractivity contribution in [2.75, 3.05) is 13.1 Å². The van der Waals surface area contributed by atoms with Crippen molar-refractivity contribution in [3.05, 3.63) is 86.1 Å². The molecule has 9 heteroatoms. The minimum atomic E-state index is -0.163. The molecule has 2 aliphatic rings. The first-order chi connectivity index (χ1) is 19.0. The summed E-state index contributed by atoms with van der Waals surface area (Å²) < 4.78 is 6.08. The van der Waals surface area contributed by atoms with E-state index in [1.54, 1.807) is 12.1 Å². The molecular formula is C30H33N5O3S. The van der Waals surface area contributed by atoms with Gasteiger partial charge in [-0.25, -0.2) is 5.10 Å². The van der Waals surface area contributed by atoms with E-state index >= 15 is 0 Å². The predicted molar refractivity (Wildman–Crippen MR) is 152 cm³/mol. The summed E-state index contributed by atoms with van der Waals surface area (Å²) in [6.07, 6.45) is 5.26. The number of nitrogens with one attached hydrogen (secondary N) is 2. The number of hydrogen-bond donors (Lipinski definition) is 2. The molecule has 1 saturated carbocycles. The number of pyridine rings is 1. The molecule has 0 bridgehead atoms. The van der Waals surface area contributed by atoms with Crippen molar-refractivity contribution in [2.24, 2.45) is 5.92 Å². The maximum atomic E-state index is 13.3. The topological polar surface area (TPSA) is 100 Å². The number of nitrogens with zero attached hydrogens (tertiary/aromatic N) is 3. The molecule has 6 rings (SSSR count). The highest BCUT2D eigenvalue weighted by atomic mass is 32.1. The first-order valence-electron chi connectivity index (χ1n) is 13.7. The van der Waals surface area contributed by atoms with Gasteiger partial charge in [-0.2, -0.15) is 5.10 Å². The van der Waals surface area contributed by atoms with Crippen LogP contribution >= 0.6 is 11.3 Å². The molecule has 2 fully saturated rings. The van der Waals surface area contributed by atoms with E-state index in [-0.39, 0.29) is 16.8 Å². The first kappa shape index (κ1) is 25.7. The van der Waals surface area contributed by atoms with Crippen molar-refractivity contribution in [3.8, 4) is 5.75 Å². The zero-order valence-electron chi connectivity index (χ0n) is 22.1. The fourth-order valence-corrected chi connectivity index (χ4v) is 6.29. The van der Waals surface area contributed by atoms with Gasteiger partial charge in [0.05, 0.1) is 5.52 Å². The molecular weight excluding hydrogens is 510 g/mol. The van der Waals surface area contributed by atoms with Crippen LogP contribution in [0.4, 0.5) is 0 Å². The standard InChI is InChI=1S/C30H33N5O3S/c1-19-16-22(25-4-2-3-5-26(25)31-19)18-38-24-10-6-21(7-11-24)29(36)32-27(17-28-33-34-30(37)39-28)20-12-14-35(15-13-20)23-8-9-23/h2-7,10-11,16,20,23,27H,8-9,12-15,17-18H2,1H3,(H,32,36)(H,34,37). The third-order valence-corrected chi connectivity index (χ3v) is 8.61. The van der Waals surface area contributed by atoms with Gasteiger partial charge in [0, 0.05) is 40.7 Å². The molecule has 3 heterocycles. The Kier molecular flexibility index (Phi) is 7.43. The smallest absolute Gasteiger partial charge is 0.322 e. The van der Waals surface area contributed by atoms with Crippen LogP contribution in [0, 0.1) is 12.8 Å². The number of likely N-dealkylation sites (tertiary alicyclic amines) is 1. The lowest BCUT2D eigenvalue weighted by atomic mass is 9.87. The van der Waals surface area contributed by atoms with Gasteiger partial charge in [0.25, 0.3) is 5.91 Å². The van der Waals surface area contributed by atoms with Gasteiger partial charge in [0.1, 0.15) is 17.4 Å². The fourth-order valence-electron chi connectivity index (χ4n) is 5.63. The number of piperidine rings is 1. The Hall–Kier alpha value is -3.56. The largest absolute Gasteiger partial charge is 0.489 e. The van der Waals surface area contributed by atoms with Crippen LogP contribution in [0.25, 0.3) is 10.9 Å². The van der Waals surface area contributed by atoms with E-state index in [1.807, 2.05) is 37.3 Å². The maximum Gasteiger partial charge on any atom is 0.322 e. The molecule has 39 heavy (non-hydrogen) atoms. The number of hydrogen-bond acceptors (Lipinski definition) is 7. The summed E-state index contributed by atoms with van der Waals surface area (Å²) in [5.41, 5.74) is 3.58. The van der Waals surface area contributed by atoms with Crippen molar-refractivity contribution < 1.29 is 9.53 Å². The summed E-state index contributed by atoms with van der Waals surface area (Å²) in [5, 5.41) is 11.8. The number of aromatic amines is 1. The van der Waals surface area contributed by atoms with E-state index in [0.29, 0.717) is 30.3 Å². The number of aromatic nitrogens is 3. The van der Waals surface area contributed by atoms with Gasteiger partial charge >= 0.3 is 4.87 Å². The molecule has 1 aliphatic carbocycles. The predicted octanol–water partition coefficient (Wildman–Crippen LogP) is 4.48. The summed E-state index contributed by atoms with van der Waals surface area (Å²) in [4.78, 5) is 32.0. The summed E-state index contributed by atoms with van der Waals surface area (Å²) in [6.45, 7) is 4.54. The Morgan fingerprint density at radius 2 is 1.90 bits per heavy atom. The van der Waals surface area contributed by atoms with Crippen LogP contribution in [0.15, 0.2) is 59.4 Å². The van der Waals surface area contributed by atoms with Crippen LogP contribution in [0.3, 0.4) is 0 Å². The molecule has 2 aromatic carbocycles. The molecule has 202 valence electrons. The summed E-state index contributed by atoms with van der Waals surface area (Å²) >= 11 is 1.12. The third-order valence-electron chi connectivity index (χ3n) is 7.84. The number of fused-ring (bicyclic) bond motifs is 1. The third kappa shape index (κ3) is 6.20. The molecule has 2 N–H and O–H groups in total. The number of para-hydroxylation sites is 1. The van der Waals surface area contributed by atoms with E-state index in [0.717, 1.165) is 70.5 Å². The van der Waals surface area contributed by atoms with Crippen molar-refractivity contribution >= 4 is 28.1 Å². The second kappa shape index (κ2) is 11.3. The molecule has 8 nitrogen and oxygen atoms in total. The Labute approximate surface area is 231 Å². The number of carbonyl (C=O) groups excluding carboxylic acids is 1. The zero-order chi connectivity index (χ0) is 26.8. The average molecular weight is 544 g/mol. The van der Waals surface area contributed by atoms with Crippen LogP contribution in [-0.2, 0) is 13.0 Å². The van der Waals surface area contributed by atoms with Gasteiger partial charge < -0.3 is 15.0 Å². The minimum absolute atomic E-state index is 0.0723. The van der Waals surface area contributed by atoms with Gasteiger partial charge in [-0.3, -0.25) is 14.6 Å². The summed E-state index contributed by atoms with van der Waals surface area (Å²) in [6, 6.07) is 18.1. The van der Waals surface area contributed by atoms with E-state index < -0.39 is 0 Å². The lowest BCUT2D eigenvalue weighted by Crippen LogP contribution is -2.47. The van der Waals surface area contributed by atoms with Crippen LogP contribution in [0.1, 0.15) is 52.3 Å². The molecule has 1 atom stereocenters. The number of rotatable bonds is 9. The van der Waals surface area contributed by atoms with Gasteiger partial charge in [0.15, 0.2) is 0 Å². The first-order valence-corrected chi connectivity index (χ1v) is 14.5. The SMILES string of the molecule is Cc1cc(COc2ccc(C(=O)NC(Cc3n[nH]c(=O)s3)C3CCN(C4CC4)CC3)cc2)c2ccccc2n1. The molecule has 1 unspecified atom stereocenters. The van der Waals surface area contributed by atoms with Crippen molar-refractivity contribution in [1.29, 1.82) is 0 Å². The Morgan fingerprint density at radius 1 is 1.13 bits per heavy atom. The summed E-state index contributed by atoms with van der Waals surface area (Å²) in [5.74, 6) is 0.939. The van der Waals surface area contributed by atoms with Gasteiger partial charge in [-0.05, 0) is 88.0 Å². The van der Waals surface area contributed by atoms with Gasteiger partial charge in [-0.1, -0.05) is 29.5 Å². The Bertz CT molecular complexity index is 1500. The van der Waals surface area contributed by atoms with Gasteiger partial charge in [-0.15, -0.1) is 0 Å². The molecule has 2 aromatic heterocycles. The molecule has 1 aliphatic heterocycles. The Morgan fingerprint density at radius 3 is 2.62 bits per heavy atom. The van der Waals surface area contributed by atoms with E-state index in [4.69, 9.17) is 4.74 Å². The molecule has 0 spiro atoms. The number of amides is 1. The van der Waals surface area contributed by atoms with Crippen LogP contribution in [-0.4, -0.2) is 51.2 Å². The second-order valence-electron chi connectivity index (χ2n) is 10.6. The number of benzene rings is 2. The minimum Gasteiger partial charge on any atom is -0.489 e. The Balaban J connectivity index is 1.11. The fraction of sp³-hybridized carbons (Fsp3) is 0.400. The second-order valence-corrected chi connectivity index (χ2v) is 11.7. The highest BCUT2D eigenvalue weighted by molar-refractivity contribution is 7.08. The number of ether oxygens (including phenoxy) is 1. The highest BCUT2D eigenvalue weighted by Gasteiger charge is 2.35. The zero-order valence-corrected chi connectivity index (χ0v) is 22.9. The van der Waals surface area contributed by atoms with E-state index in [1.165, 1.54) is 12.8 Å². The monoisotopic (exact) mass is 543 g/mol. The van der Waals surface area contributed by atoms with Gasteiger partial charge in [0.2, 0.25) is 0 Å². The number of carbonyl (C=O) groups is 1. The van der Waals surface area contributed by atoms with Crippen LogP contribution in [0.5, 0.6) is 5.75 Å². The number of H-pyrrole nitrogens is 1. The molecule has 4 aromatic rings. The lowest BCUT2D eigenvalue weighted by molar-refractivity contribution is 0.0890.